The third-order valence-electron chi connectivity index (χ3n) is 10.0. The van der Waals surface area contributed by atoms with Crippen LogP contribution in [-0.4, -0.2) is 90.4 Å². The standard InChI is InChI=1S/C36H58N4O6/c1-25-22-40(26(2)24-41)35(43)31-21-30(37-34(42)28-14-7-5-8-15-28)18-19-32(31)46-27(3)13-11-12-20-45-33(25)23-39(4)36(44)38-29-16-9-6-10-17-29/h18-19,21,25-29,33,41H,5-17,20,22-24H2,1-4H3,(H,37,42)(H,38,44)/t25-,26+,27+,33-/m1/s1. The number of nitrogens with one attached hydrogen (secondary N) is 2. The summed E-state index contributed by atoms with van der Waals surface area (Å²) in [7, 11) is 1.80. The number of benzene rings is 1. The summed E-state index contributed by atoms with van der Waals surface area (Å²) < 4.78 is 12.7. The first-order valence-electron chi connectivity index (χ1n) is 17.8. The zero-order valence-electron chi connectivity index (χ0n) is 28.6. The maximum absolute atomic E-state index is 14.4. The first-order valence-corrected chi connectivity index (χ1v) is 17.8. The molecule has 1 aromatic rings. The number of hydrogen-bond acceptors (Lipinski definition) is 6. The average Bonchev–Trinajstić information content (AvgIpc) is 3.06. The Morgan fingerprint density at radius 2 is 1.67 bits per heavy atom. The molecule has 10 heteroatoms. The number of carbonyl (C=O) groups excluding carboxylic acids is 3. The Hall–Kier alpha value is -2.85. The van der Waals surface area contributed by atoms with Gasteiger partial charge in [-0.2, -0.15) is 0 Å². The van der Waals surface area contributed by atoms with Gasteiger partial charge < -0.3 is 35.0 Å². The van der Waals surface area contributed by atoms with Gasteiger partial charge in [-0.05, 0) is 77.0 Å². The molecular weight excluding hydrogens is 584 g/mol. The minimum Gasteiger partial charge on any atom is -0.490 e. The second-order valence-corrected chi connectivity index (χ2v) is 14.0. The van der Waals surface area contributed by atoms with Crippen LogP contribution in [0.5, 0.6) is 5.75 Å². The highest BCUT2D eigenvalue weighted by Crippen LogP contribution is 2.30. The van der Waals surface area contributed by atoms with E-state index in [1.807, 2.05) is 26.8 Å². The van der Waals surface area contributed by atoms with E-state index in [0.717, 1.165) is 70.6 Å². The van der Waals surface area contributed by atoms with Crippen molar-refractivity contribution in [3.63, 3.8) is 0 Å². The van der Waals surface area contributed by atoms with Crippen LogP contribution in [0, 0.1) is 11.8 Å². The van der Waals surface area contributed by atoms with E-state index in [4.69, 9.17) is 9.47 Å². The lowest BCUT2D eigenvalue weighted by molar-refractivity contribution is -0.120. The Bertz CT molecular complexity index is 1140. The van der Waals surface area contributed by atoms with Gasteiger partial charge in [0.15, 0.2) is 0 Å². The number of ether oxygens (including phenoxy) is 2. The van der Waals surface area contributed by atoms with Crippen molar-refractivity contribution < 1.29 is 29.0 Å². The summed E-state index contributed by atoms with van der Waals surface area (Å²) in [5.41, 5.74) is 0.927. The van der Waals surface area contributed by atoms with Crippen LogP contribution in [0.4, 0.5) is 10.5 Å². The van der Waals surface area contributed by atoms with Gasteiger partial charge >= 0.3 is 6.03 Å². The fourth-order valence-corrected chi connectivity index (χ4v) is 6.96. The molecule has 3 N–H and O–H groups in total. The van der Waals surface area contributed by atoms with Crippen molar-refractivity contribution in [2.45, 2.75) is 129 Å². The molecule has 2 saturated carbocycles. The summed E-state index contributed by atoms with van der Waals surface area (Å²) in [6, 6.07) is 4.96. The normalized spacial score (nSPS) is 25.0. The Morgan fingerprint density at radius 3 is 2.37 bits per heavy atom. The Labute approximate surface area is 275 Å². The second kappa shape index (κ2) is 17.9. The number of aliphatic hydroxyl groups is 1. The van der Waals surface area contributed by atoms with E-state index in [0.29, 0.717) is 36.7 Å². The zero-order chi connectivity index (χ0) is 33.1. The molecule has 0 saturated heterocycles. The quantitative estimate of drug-likeness (QED) is 0.337. The summed E-state index contributed by atoms with van der Waals surface area (Å²) >= 11 is 0. The van der Waals surface area contributed by atoms with E-state index in [1.165, 1.54) is 12.8 Å². The molecule has 1 heterocycles. The van der Waals surface area contributed by atoms with Gasteiger partial charge in [-0.25, -0.2) is 4.79 Å². The number of rotatable bonds is 7. The highest BCUT2D eigenvalue weighted by Gasteiger charge is 2.31. The molecule has 4 amide bonds. The fourth-order valence-electron chi connectivity index (χ4n) is 6.96. The maximum Gasteiger partial charge on any atom is 0.317 e. The average molecular weight is 643 g/mol. The molecule has 0 bridgehead atoms. The Kier molecular flexibility index (Phi) is 14.0. The first-order chi connectivity index (χ1) is 22.2. The number of amides is 4. The first kappa shape index (κ1) is 36.0. The van der Waals surface area contributed by atoms with E-state index in [-0.39, 0.29) is 54.5 Å². The number of fused-ring (bicyclic) bond motifs is 1. The number of anilines is 1. The number of aliphatic hydroxyl groups excluding tert-OH is 1. The van der Waals surface area contributed by atoms with Crippen molar-refractivity contribution in [3.05, 3.63) is 23.8 Å². The summed E-state index contributed by atoms with van der Waals surface area (Å²) in [5, 5.41) is 16.5. The van der Waals surface area contributed by atoms with E-state index in [2.05, 4.69) is 10.6 Å². The zero-order valence-corrected chi connectivity index (χ0v) is 28.6. The van der Waals surface area contributed by atoms with E-state index < -0.39 is 6.04 Å². The SMILES string of the molecule is C[C@@H]1CN([C@@H](C)CO)C(=O)c2cc(NC(=O)C3CCCCC3)ccc2O[C@@H](C)CCCCO[C@@H]1CN(C)C(=O)NC1CCCCC1. The van der Waals surface area contributed by atoms with Crippen molar-refractivity contribution in [1.82, 2.24) is 15.1 Å². The fraction of sp³-hybridized carbons (Fsp3) is 0.750. The monoisotopic (exact) mass is 642 g/mol. The summed E-state index contributed by atoms with van der Waals surface area (Å²) in [4.78, 5) is 43.9. The maximum atomic E-state index is 14.4. The molecule has 1 aliphatic heterocycles. The lowest BCUT2D eigenvalue weighted by Crippen LogP contribution is -2.50. The van der Waals surface area contributed by atoms with Gasteiger partial charge in [0.2, 0.25) is 5.91 Å². The molecule has 2 aliphatic carbocycles. The molecule has 46 heavy (non-hydrogen) atoms. The largest absolute Gasteiger partial charge is 0.490 e. The van der Waals surface area contributed by atoms with Crippen LogP contribution in [0.25, 0.3) is 0 Å². The summed E-state index contributed by atoms with van der Waals surface area (Å²) in [5.74, 6) is 0.0425. The smallest absolute Gasteiger partial charge is 0.317 e. The molecule has 0 spiro atoms. The van der Waals surface area contributed by atoms with E-state index in [1.54, 1.807) is 29.0 Å². The second-order valence-electron chi connectivity index (χ2n) is 14.0. The molecular formula is C36H58N4O6. The van der Waals surface area contributed by atoms with E-state index >= 15 is 0 Å². The van der Waals surface area contributed by atoms with Crippen molar-refractivity contribution in [2.24, 2.45) is 11.8 Å². The molecule has 0 aromatic heterocycles. The van der Waals surface area contributed by atoms with Gasteiger partial charge in [0.1, 0.15) is 5.75 Å². The van der Waals surface area contributed by atoms with Crippen LogP contribution in [0.15, 0.2) is 18.2 Å². The van der Waals surface area contributed by atoms with Gasteiger partial charge in [0, 0.05) is 50.3 Å². The minimum atomic E-state index is -0.471. The predicted molar refractivity (Wildman–Crippen MR) is 180 cm³/mol. The van der Waals surface area contributed by atoms with Crippen molar-refractivity contribution in [3.8, 4) is 5.75 Å². The minimum absolute atomic E-state index is 0.00637. The van der Waals surface area contributed by atoms with Gasteiger partial charge in [-0.15, -0.1) is 0 Å². The van der Waals surface area contributed by atoms with Crippen LogP contribution < -0.4 is 15.4 Å². The van der Waals surface area contributed by atoms with E-state index in [9.17, 15) is 19.5 Å². The third-order valence-corrected chi connectivity index (χ3v) is 10.0. The molecule has 4 atom stereocenters. The van der Waals surface area contributed by atoms with Crippen molar-refractivity contribution in [1.29, 1.82) is 0 Å². The van der Waals surface area contributed by atoms with Crippen LogP contribution in [-0.2, 0) is 9.53 Å². The highest BCUT2D eigenvalue weighted by atomic mass is 16.5. The summed E-state index contributed by atoms with van der Waals surface area (Å²) in [6.07, 6.45) is 12.7. The van der Waals surface area contributed by atoms with Crippen LogP contribution in [0.2, 0.25) is 0 Å². The van der Waals surface area contributed by atoms with Gasteiger partial charge in [-0.3, -0.25) is 9.59 Å². The Balaban J connectivity index is 1.56. The molecule has 0 unspecified atom stereocenters. The Morgan fingerprint density at radius 1 is 1.00 bits per heavy atom. The van der Waals surface area contributed by atoms with Crippen LogP contribution >= 0.6 is 0 Å². The van der Waals surface area contributed by atoms with Gasteiger partial charge in [-0.1, -0.05) is 45.4 Å². The number of likely N-dealkylation sites (N-methyl/N-ethyl adjacent to an activating group) is 1. The molecule has 0 radical (unpaired) electrons. The molecule has 258 valence electrons. The molecule has 10 nitrogen and oxygen atoms in total. The molecule has 1 aromatic carbocycles. The van der Waals surface area contributed by atoms with Gasteiger partial charge in [0.05, 0.1) is 30.4 Å². The number of nitrogens with zero attached hydrogens (tertiary/aromatic N) is 2. The van der Waals surface area contributed by atoms with Crippen molar-refractivity contribution >= 4 is 23.5 Å². The predicted octanol–water partition coefficient (Wildman–Crippen LogP) is 5.98. The number of urea groups is 1. The lowest BCUT2D eigenvalue weighted by atomic mass is 9.88. The summed E-state index contributed by atoms with van der Waals surface area (Å²) in [6.45, 7) is 6.90. The van der Waals surface area contributed by atoms with Gasteiger partial charge in [0.25, 0.3) is 5.91 Å². The van der Waals surface area contributed by atoms with Crippen LogP contribution in [0.3, 0.4) is 0 Å². The van der Waals surface area contributed by atoms with Crippen LogP contribution in [0.1, 0.15) is 115 Å². The molecule has 2 fully saturated rings. The molecule has 4 rings (SSSR count). The lowest BCUT2D eigenvalue weighted by Gasteiger charge is -2.36. The number of carbonyl (C=O) groups is 3. The topological polar surface area (TPSA) is 120 Å². The molecule has 3 aliphatic rings. The highest BCUT2D eigenvalue weighted by molar-refractivity contribution is 6.00. The third kappa shape index (κ3) is 10.3. The van der Waals surface area contributed by atoms with Crippen molar-refractivity contribution in [2.75, 3.05) is 38.7 Å². The number of hydrogen-bond donors (Lipinski definition) is 3.